The molecule has 6 nitrogen and oxygen atoms in total. The molecule has 0 aromatic carbocycles. The van der Waals surface area contributed by atoms with Gasteiger partial charge in [0.05, 0.1) is 16.6 Å². The molecule has 0 aliphatic rings. The number of halogens is 1. The van der Waals surface area contributed by atoms with Gasteiger partial charge >= 0.3 is 5.97 Å². The minimum Gasteiger partial charge on any atom is -0.481 e. The van der Waals surface area contributed by atoms with Crippen LogP contribution in [0.5, 0.6) is 0 Å². The van der Waals surface area contributed by atoms with Crippen molar-refractivity contribution >= 4 is 33.7 Å². The summed E-state index contributed by atoms with van der Waals surface area (Å²) in [5, 5.41) is 8.68. The Hall–Kier alpha value is -1.37. The van der Waals surface area contributed by atoms with Crippen molar-refractivity contribution in [3.8, 4) is 0 Å². The summed E-state index contributed by atoms with van der Waals surface area (Å²) < 4.78 is 0.559. The van der Waals surface area contributed by atoms with Crippen molar-refractivity contribution in [3.63, 3.8) is 0 Å². The molecule has 0 atom stereocenters. The molecule has 15 heavy (non-hydrogen) atoms. The number of nitrogens with zero attached hydrogens (tertiary/aromatic N) is 3. The fourth-order valence-corrected chi connectivity index (χ4v) is 1.73. The number of nitrogen functional groups attached to an aromatic ring is 1. The monoisotopic (exact) mass is 274 g/mol. The summed E-state index contributed by atoms with van der Waals surface area (Å²) in [6, 6.07) is 0. The molecule has 0 fully saturated rings. The fourth-order valence-electron chi connectivity index (χ4n) is 1.06. The van der Waals surface area contributed by atoms with Gasteiger partial charge in [0.2, 0.25) is 5.95 Å². The molecule has 1 aromatic heterocycles. The van der Waals surface area contributed by atoms with Gasteiger partial charge in [0.25, 0.3) is 0 Å². The standard InChI is InChI=1S/C8H11BrN4O2/c1-13(2)7-6(9)4(3-5(14)15)11-8(10)12-7/h3H2,1-2H3,(H,14,15)(H2,10,11,12). The topological polar surface area (TPSA) is 92.3 Å². The fraction of sp³-hybridized carbons (Fsp3) is 0.375. The highest BCUT2D eigenvalue weighted by Gasteiger charge is 2.14. The third-order valence-electron chi connectivity index (χ3n) is 1.66. The lowest BCUT2D eigenvalue weighted by Gasteiger charge is -2.15. The third-order valence-corrected chi connectivity index (χ3v) is 2.47. The molecule has 0 radical (unpaired) electrons. The molecule has 1 rings (SSSR count). The molecule has 0 bridgehead atoms. The zero-order chi connectivity index (χ0) is 11.6. The second-order valence-electron chi connectivity index (χ2n) is 3.13. The number of hydrogen-bond donors (Lipinski definition) is 2. The molecular formula is C8H11BrN4O2. The Kier molecular flexibility index (Phi) is 3.46. The van der Waals surface area contributed by atoms with Gasteiger partial charge in [-0.05, 0) is 15.9 Å². The number of hydrogen-bond acceptors (Lipinski definition) is 5. The molecule has 1 aromatic rings. The summed E-state index contributed by atoms with van der Waals surface area (Å²) in [7, 11) is 3.58. The molecule has 1 heterocycles. The van der Waals surface area contributed by atoms with E-state index in [4.69, 9.17) is 10.8 Å². The Morgan fingerprint density at radius 2 is 2.13 bits per heavy atom. The van der Waals surface area contributed by atoms with E-state index < -0.39 is 5.97 Å². The van der Waals surface area contributed by atoms with Gasteiger partial charge in [-0.3, -0.25) is 4.79 Å². The molecule has 0 unspecified atom stereocenters. The summed E-state index contributed by atoms with van der Waals surface area (Å²) in [6.07, 6.45) is -0.186. The maximum Gasteiger partial charge on any atom is 0.309 e. The summed E-state index contributed by atoms with van der Waals surface area (Å²) in [4.78, 5) is 20.2. The van der Waals surface area contributed by atoms with Crippen molar-refractivity contribution in [2.45, 2.75) is 6.42 Å². The van der Waals surface area contributed by atoms with Crippen LogP contribution in [-0.4, -0.2) is 35.1 Å². The largest absolute Gasteiger partial charge is 0.481 e. The minimum absolute atomic E-state index is 0.0677. The van der Waals surface area contributed by atoms with Crippen LogP contribution in [0.2, 0.25) is 0 Å². The lowest BCUT2D eigenvalue weighted by molar-refractivity contribution is -0.136. The molecule has 0 amide bonds. The van der Waals surface area contributed by atoms with Crippen LogP contribution in [0, 0.1) is 0 Å². The molecule has 82 valence electrons. The number of aliphatic carboxylic acids is 1. The Bertz CT molecular complexity index is 394. The Morgan fingerprint density at radius 1 is 1.53 bits per heavy atom. The summed E-state index contributed by atoms with van der Waals surface area (Å²) in [5.41, 5.74) is 5.85. The molecule has 0 aliphatic heterocycles. The predicted octanol–water partition coefficient (Wildman–Crippen LogP) is 0.514. The average molecular weight is 275 g/mol. The van der Waals surface area contributed by atoms with Crippen molar-refractivity contribution < 1.29 is 9.90 Å². The van der Waals surface area contributed by atoms with Gasteiger partial charge in [-0.25, -0.2) is 4.98 Å². The van der Waals surface area contributed by atoms with Crippen molar-refractivity contribution in [2.75, 3.05) is 24.7 Å². The van der Waals surface area contributed by atoms with E-state index in [1.165, 1.54) is 0 Å². The van der Waals surface area contributed by atoms with Gasteiger partial charge in [-0.2, -0.15) is 4.98 Å². The van der Waals surface area contributed by atoms with Crippen molar-refractivity contribution in [2.24, 2.45) is 0 Å². The van der Waals surface area contributed by atoms with E-state index in [0.29, 0.717) is 16.0 Å². The number of carboxylic acids is 1. The first kappa shape index (κ1) is 11.7. The quantitative estimate of drug-likeness (QED) is 0.835. The van der Waals surface area contributed by atoms with Gasteiger partial charge in [-0.1, -0.05) is 0 Å². The first-order valence-corrected chi connectivity index (χ1v) is 4.92. The van der Waals surface area contributed by atoms with Crippen LogP contribution < -0.4 is 10.6 Å². The lowest BCUT2D eigenvalue weighted by atomic mass is 10.3. The van der Waals surface area contributed by atoms with Crippen LogP contribution in [0.1, 0.15) is 5.69 Å². The third kappa shape index (κ3) is 2.79. The maximum atomic E-state index is 10.6. The number of anilines is 2. The molecule has 0 saturated heterocycles. The highest BCUT2D eigenvalue weighted by Crippen LogP contribution is 2.26. The summed E-state index contributed by atoms with van der Waals surface area (Å²) in [5.74, 6) is -0.324. The molecule has 0 aliphatic carbocycles. The Balaban J connectivity index is 3.21. The predicted molar refractivity (Wildman–Crippen MR) is 59.8 cm³/mol. The van der Waals surface area contributed by atoms with Crippen LogP contribution >= 0.6 is 15.9 Å². The van der Waals surface area contributed by atoms with E-state index in [1.807, 2.05) is 0 Å². The lowest BCUT2D eigenvalue weighted by Crippen LogP contribution is -2.16. The number of carbonyl (C=O) groups is 1. The second kappa shape index (κ2) is 4.43. The van der Waals surface area contributed by atoms with Crippen LogP contribution in [0.3, 0.4) is 0 Å². The van der Waals surface area contributed by atoms with Crippen LogP contribution in [0.15, 0.2) is 4.47 Å². The highest BCUT2D eigenvalue weighted by atomic mass is 79.9. The number of aromatic nitrogens is 2. The summed E-state index contributed by atoms with van der Waals surface area (Å²) in [6.45, 7) is 0. The van der Waals surface area contributed by atoms with Crippen molar-refractivity contribution in [3.05, 3.63) is 10.2 Å². The first-order valence-electron chi connectivity index (χ1n) is 4.12. The SMILES string of the molecule is CN(C)c1nc(N)nc(CC(=O)O)c1Br. The smallest absolute Gasteiger partial charge is 0.309 e. The van der Waals surface area contributed by atoms with E-state index >= 15 is 0 Å². The van der Waals surface area contributed by atoms with Gasteiger partial charge in [0.1, 0.15) is 5.82 Å². The highest BCUT2D eigenvalue weighted by molar-refractivity contribution is 9.10. The van der Waals surface area contributed by atoms with Crippen LogP contribution in [0.25, 0.3) is 0 Å². The summed E-state index contributed by atoms with van der Waals surface area (Å²) >= 11 is 3.26. The zero-order valence-electron chi connectivity index (χ0n) is 8.36. The van der Waals surface area contributed by atoms with Gasteiger partial charge in [0, 0.05) is 14.1 Å². The van der Waals surface area contributed by atoms with E-state index in [2.05, 4.69) is 25.9 Å². The average Bonchev–Trinajstić information content (AvgIpc) is 2.09. The molecule has 0 saturated carbocycles. The van der Waals surface area contributed by atoms with Crippen molar-refractivity contribution in [1.29, 1.82) is 0 Å². The molecule has 7 heteroatoms. The number of nitrogens with two attached hydrogens (primary N) is 1. The zero-order valence-corrected chi connectivity index (χ0v) is 9.95. The first-order chi connectivity index (χ1) is 6.91. The van der Waals surface area contributed by atoms with E-state index in [1.54, 1.807) is 19.0 Å². The van der Waals surface area contributed by atoms with Gasteiger partial charge in [-0.15, -0.1) is 0 Å². The Morgan fingerprint density at radius 3 is 2.60 bits per heavy atom. The van der Waals surface area contributed by atoms with E-state index in [-0.39, 0.29) is 12.4 Å². The van der Waals surface area contributed by atoms with E-state index in [0.717, 1.165) is 0 Å². The normalized spacial score (nSPS) is 10.1. The van der Waals surface area contributed by atoms with Gasteiger partial charge in [0.15, 0.2) is 0 Å². The molecule has 3 N–H and O–H groups in total. The van der Waals surface area contributed by atoms with Gasteiger partial charge < -0.3 is 15.7 Å². The Labute approximate surface area is 95.3 Å². The van der Waals surface area contributed by atoms with E-state index in [9.17, 15) is 4.79 Å². The molecule has 0 spiro atoms. The number of carboxylic acid groups (broad SMARTS) is 1. The molecular weight excluding hydrogens is 264 g/mol. The maximum absolute atomic E-state index is 10.6. The van der Waals surface area contributed by atoms with Crippen LogP contribution in [-0.2, 0) is 11.2 Å². The minimum atomic E-state index is -0.960. The van der Waals surface area contributed by atoms with Crippen molar-refractivity contribution in [1.82, 2.24) is 9.97 Å². The van der Waals surface area contributed by atoms with Crippen LogP contribution in [0.4, 0.5) is 11.8 Å². The second-order valence-corrected chi connectivity index (χ2v) is 3.92. The number of rotatable bonds is 3.